The lowest BCUT2D eigenvalue weighted by Crippen LogP contribution is -2.05. The number of benzene rings is 1. The Balaban J connectivity index is 3.61. The summed E-state index contributed by atoms with van der Waals surface area (Å²) in [7, 11) is 4.34. The summed E-state index contributed by atoms with van der Waals surface area (Å²) in [6.07, 6.45) is 0. The maximum Gasteiger partial charge on any atom is 0.266 e. The molecule has 0 aliphatic carbocycles. The molecular formula is C12H13NO4. The topological polar surface area (TPSA) is 68.6 Å². The van der Waals surface area contributed by atoms with Crippen molar-refractivity contribution < 1.29 is 19.0 Å². The van der Waals surface area contributed by atoms with E-state index < -0.39 is 5.78 Å². The van der Waals surface area contributed by atoms with Gasteiger partial charge < -0.3 is 14.2 Å². The molecule has 90 valence electrons. The number of carbonyl (C=O) groups excluding carboxylic acids is 1. The molecular weight excluding hydrogens is 222 g/mol. The van der Waals surface area contributed by atoms with Gasteiger partial charge in [-0.15, -0.1) is 0 Å². The van der Waals surface area contributed by atoms with Gasteiger partial charge >= 0.3 is 0 Å². The Labute approximate surface area is 99.5 Å². The van der Waals surface area contributed by atoms with Crippen molar-refractivity contribution in [1.82, 2.24) is 0 Å². The van der Waals surface area contributed by atoms with E-state index in [-0.39, 0.29) is 11.3 Å². The Hall–Kier alpha value is -2.22. The zero-order chi connectivity index (χ0) is 13.0. The second-order valence-electron chi connectivity index (χ2n) is 3.28. The summed E-state index contributed by atoms with van der Waals surface area (Å²) in [4.78, 5) is 11.5. The molecule has 5 heteroatoms. The van der Waals surface area contributed by atoms with E-state index in [9.17, 15) is 4.79 Å². The first-order valence-corrected chi connectivity index (χ1v) is 4.84. The number of nitrogens with zero attached hydrogens (tertiary/aromatic N) is 1. The molecule has 0 spiro atoms. The van der Waals surface area contributed by atoms with Gasteiger partial charge in [-0.3, -0.25) is 4.79 Å². The molecule has 0 bridgehead atoms. The minimum Gasteiger partial charge on any atom is -0.493 e. The van der Waals surface area contributed by atoms with Crippen LogP contribution in [0, 0.1) is 18.3 Å². The number of carbonyl (C=O) groups is 1. The van der Waals surface area contributed by atoms with E-state index in [0.29, 0.717) is 17.1 Å². The number of hydrogen-bond donors (Lipinski definition) is 0. The summed E-state index contributed by atoms with van der Waals surface area (Å²) in [6, 6.07) is 3.20. The quantitative estimate of drug-likeness (QED) is 0.587. The molecule has 0 fully saturated rings. The lowest BCUT2D eigenvalue weighted by atomic mass is 10.0. The molecule has 0 radical (unpaired) electrons. The number of methoxy groups -OCH3 is 3. The maximum absolute atomic E-state index is 11.5. The van der Waals surface area contributed by atoms with E-state index in [1.54, 1.807) is 19.1 Å². The Morgan fingerprint density at radius 2 is 1.76 bits per heavy atom. The number of hydrogen-bond acceptors (Lipinski definition) is 5. The second kappa shape index (κ2) is 5.21. The average molecular weight is 235 g/mol. The number of ketones is 1. The fraction of sp³-hybridized carbons (Fsp3) is 0.333. The van der Waals surface area contributed by atoms with Crippen LogP contribution < -0.4 is 14.2 Å². The predicted octanol–water partition coefficient (Wildman–Crippen LogP) is 1.73. The van der Waals surface area contributed by atoms with E-state index in [1.165, 1.54) is 21.3 Å². The van der Waals surface area contributed by atoms with Gasteiger partial charge in [-0.25, -0.2) is 0 Å². The van der Waals surface area contributed by atoms with Crippen molar-refractivity contribution in [3.63, 3.8) is 0 Å². The van der Waals surface area contributed by atoms with Crippen LogP contribution in [0.25, 0.3) is 0 Å². The summed E-state index contributed by atoms with van der Waals surface area (Å²) in [6.45, 7) is 1.70. The molecule has 0 amide bonds. The van der Waals surface area contributed by atoms with Gasteiger partial charge in [-0.05, 0) is 18.6 Å². The fourth-order valence-corrected chi connectivity index (χ4v) is 1.62. The van der Waals surface area contributed by atoms with Gasteiger partial charge in [0.2, 0.25) is 5.75 Å². The van der Waals surface area contributed by atoms with Gasteiger partial charge in [0.1, 0.15) is 6.07 Å². The molecule has 0 aliphatic rings. The number of aryl methyl sites for hydroxylation is 1. The highest BCUT2D eigenvalue weighted by molar-refractivity contribution is 6.11. The van der Waals surface area contributed by atoms with Crippen molar-refractivity contribution in [1.29, 1.82) is 5.26 Å². The molecule has 5 nitrogen and oxygen atoms in total. The van der Waals surface area contributed by atoms with E-state index in [4.69, 9.17) is 19.5 Å². The summed E-state index contributed by atoms with van der Waals surface area (Å²) in [5.41, 5.74) is 0.804. The van der Waals surface area contributed by atoms with Crippen LogP contribution in [-0.2, 0) is 0 Å². The van der Waals surface area contributed by atoms with Gasteiger partial charge in [0.15, 0.2) is 11.5 Å². The summed E-state index contributed by atoms with van der Waals surface area (Å²) >= 11 is 0. The minimum atomic E-state index is -0.666. The molecule has 1 rings (SSSR count). The van der Waals surface area contributed by atoms with E-state index in [0.717, 1.165) is 0 Å². The first kappa shape index (κ1) is 12.8. The van der Waals surface area contributed by atoms with Crippen LogP contribution in [0.1, 0.15) is 15.9 Å². The molecule has 1 aromatic carbocycles. The third-order valence-electron chi connectivity index (χ3n) is 2.36. The maximum atomic E-state index is 11.5. The molecule has 17 heavy (non-hydrogen) atoms. The Morgan fingerprint density at radius 1 is 1.18 bits per heavy atom. The highest BCUT2D eigenvalue weighted by atomic mass is 16.5. The SMILES string of the molecule is COc1cc(C)c(C(=O)C#N)c(OC)c1OC. The predicted molar refractivity (Wildman–Crippen MR) is 60.8 cm³/mol. The van der Waals surface area contributed by atoms with Crippen molar-refractivity contribution in [3.8, 4) is 23.3 Å². The molecule has 0 unspecified atom stereocenters. The summed E-state index contributed by atoms with van der Waals surface area (Å²) in [5, 5.41) is 8.70. The Bertz CT molecular complexity index is 488. The lowest BCUT2D eigenvalue weighted by Gasteiger charge is -2.15. The number of rotatable bonds is 4. The lowest BCUT2D eigenvalue weighted by molar-refractivity contribution is 0.105. The highest BCUT2D eigenvalue weighted by Crippen LogP contribution is 2.41. The molecule has 0 saturated heterocycles. The largest absolute Gasteiger partial charge is 0.493 e. The first-order valence-electron chi connectivity index (χ1n) is 4.84. The van der Waals surface area contributed by atoms with Gasteiger partial charge in [0.05, 0.1) is 26.9 Å². The van der Waals surface area contributed by atoms with Crippen LogP contribution in [0.5, 0.6) is 17.2 Å². The minimum absolute atomic E-state index is 0.202. The molecule has 0 saturated carbocycles. The van der Waals surface area contributed by atoms with E-state index >= 15 is 0 Å². The fourth-order valence-electron chi connectivity index (χ4n) is 1.62. The standard InChI is InChI=1S/C12H13NO4/c1-7-5-9(15-2)11(16-3)12(17-4)10(7)8(14)6-13/h5H,1-4H3. The molecule has 0 N–H and O–H groups in total. The van der Waals surface area contributed by atoms with Crippen molar-refractivity contribution in [2.24, 2.45) is 0 Å². The Kier molecular flexibility index (Phi) is 3.94. The van der Waals surface area contributed by atoms with E-state index in [2.05, 4.69) is 0 Å². The van der Waals surface area contributed by atoms with E-state index in [1.807, 2.05) is 0 Å². The van der Waals surface area contributed by atoms with Gasteiger partial charge in [-0.2, -0.15) is 5.26 Å². The molecule has 1 aromatic rings. The Morgan fingerprint density at radius 3 is 2.18 bits per heavy atom. The van der Waals surface area contributed by atoms with Crippen molar-refractivity contribution >= 4 is 5.78 Å². The normalized spacial score (nSPS) is 9.35. The zero-order valence-corrected chi connectivity index (χ0v) is 10.2. The van der Waals surface area contributed by atoms with Gasteiger partial charge in [0.25, 0.3) is 5.78 Å². The number of Topliss-reactive ketones (excluding diaryl/α,β-unsaturated/α-hetero) is 1. The first-order chi connectivity index (χ1) is 8.10. The smallest absolute Gasteiger partial charge is 0.266 e. The molecule has 0 atom stereocenters. The van der Waals surface area contributed by atoms with Crippen LogP contribution >= 0.6 is 0 Å². The van der Waals surface area contributed by atoms with Crippen LogP contribution in [0.4, 0.5) is 0 Å². The van der Waals surface area contributed by atoms with Crippen LogP contribution in [0.15, 0.2) is 6.07 Å². The van der Waals surface area contributed by atoms with Gasteiger partial charge in [-0.1, -0.05) is 0 Å². The number of ether oxygens (including phenoxy) is 3. The summed E-state index contributed by atoms with van der Waals surface area (Å²) in [5.74, 6) is 0.312. The van der Waals surface area contributed by atoms with Crippen LogP contribution in [0.3, 0.4) is 0 Å². The molecule has 0 aromatic heterocycles. The van der Waals surface area contributed by atoms with Gasteiger partial charge in [0, 0.05) is 0 Å². The average Bonchev–Trinajstić information content (AvgIpc) is 2.36. The third-order valence-corrected chi connectivity index (χ3v) is 2.36. The monoisotopic (exact) mass is 235 g/mol. The zero-order valence-electron chi connectivity index (χ0n) is 10.2. The van der Waals surface area contributed by atoms with Crippen molar-refractivity contribution in [2.75, 3.05) is 21.3 Å². The second-order valence-corrected chi connectivity index (χ2v) is 3.28. The van der Waals surface area contributed by atoms with Crippen molar-refractivity contribution in [3.05, 3.63) is 17.2 Å². The number of nitriles is 1. The van der Waals surface area contributed by atoms with Crippen molar-refractivity contribution in [2.45, 2.75) is 6.92 Å². The third kappa shape index (κ3) is 2.16. The summed E-state index contributed by atoms with van der Waals surface area (Å²) < 4.78 is 15.4. The van der Waals surface area contributed by atoms with Crippen LogP contribution in [-0.4, -0.2) is 27.1 Å². The molecule has 0 heterocycles. The van der Waals surface area contributed by atoms with Crippen LogP contribution in [0.2, 0.25) is 0 Å². The highest BCUT2D eigenvalue weighted by Gasteiger charge is 2.23. The molecule has 0 aliphatic heterocycles.